The van der Waals surface area contributed by atoms with Gasteiger partial charge in [0.1, 0.15) is 11.5 Å². The van der Waals surface area contributed by atoms with Crippen molar-refractivity contribution in [2.24, 2.45) is 5.73 Å². The molecule has 0 atom stereocenters. The van der Waals surface area contributed by atoms with Crippen LogP contribution < -0.4 is 15.2 Å². The van der Waals surface area contributed by atoms with Crippen LogP contribution in [0.1, 0.15) is 5.56 Å². The molecule has 2 N–H and O–H groups in total. The number of hydrogen-bond acceptors (Lipinski definition) is 3. The molecule has 2 rings (SSSR count). The average Bonchev–Trinajstić information content (AvgIpc) is 2.49. The van der Waals surface area contributed by atoms with Crippen LogP contribution in [0.25, 0.3) is 6.08 Å². The maximum absolute atomic E-state index is 11.5. The summed E-state index contributed by atoms with van der Waals surface area (Å²) in [5, 5.41) is 0.585. The number of benzene rings is 2. The number of amides is 1. The second kappa shape index (κ2) is 6.81. The number of hydrogen-bond donors (Lipinski definition) is 1. The van der Waals surface area contributed by atoms with E-state index in [1.54, 1.807) is 61.7 Å². The maximum Gasteiger partial charge on any atom is 0.284 e. The van der Waals surface area contributed by atoms with Gasteiger partial charge in [-0.05, 0) is 48.0 Å². The fraction of sp³-hybridized carbons (Fsp3) is 0.0625. The smallest absolute Gasteiger partial charge is 0.284 e. The van der Waals surface area contributed by atoms with E-state index in [1.807, 2.05) is 0 Å². The first-order chi connectivity index (χ1) is 10.1. The van der Waals surface area contributed by atoms with E-state index in [9.17, 15) is 4.79 Å². The molecule has 4 nitrogen and oxygen atoms in total. The Balaban J connectivity index is 2.23. The summed E-state index contributed by atoms with van der Waals surface area (Å²) in [6.45, 7) is 0. The van der Waals surface area contributed by atoms with Crippen molar-refractivity contribution in [2.45, 2.75) is 0 Å². The first-order valence-corrected chi connectivity index (χ1v) is 6.55. The summed E-state index contributed by atoms with van der Waals surface area (Å²) in [5.41, 5.74) is 6.11. The van der Waals surface area contributed by atoms with Gasteiger partial charge in [-0.1, -0.05) is 23.7 Å². The van der Waals surface area contributed by atoms with Gasteiger partial charge in [0.2, 0.25) is 0 Å². The quantitative estimate of drug-likeness (QED) is 0.681. The number of primary amides is 1. The van der Waals surface area contributed by atoms with Crippen molar-refractivity contribution < 1.29 is 14.3 Å². The van der Waals surface area contributed by atoms with Crippen LogP contribution >= 0.6 is 11.6 Å². The summed E-state index contributed by atoms with van der Waals surface area (Å²) in [6, 6.07) is 13.8. The Bertz CT molecular complexity index is 648. The standard InChI is InChI=1S/C16H14ClNO3/c1-20-13-6-2-11(3-7-13)10-15(16(18)19)21-14-8-4-12(17)5-9-14/h2-10H,1H3,(H2,18,19)/b15-10-. The Morgan fingerprint density at radius 3 is 2.14 bits per heavy atom. The van der Waals surface area contributed by atoms with Crippen molar-refractivity contribution in [3.63, 3.8) is 0 Å². The zero-order chi connectivity index (χ0) is 15.2. The molecule has 0 bridgehead atoms. The van der Waals surface area contributed by atoms with Crippen LogP contribution in [0.5, 0.6) is 11.5 Å². The van der Waals surface area contributed by atoms with E-state index in [0.29, 0.717) is 10.8 Å². The molecule has 21 heavy (non-hydrogen) atoms. The van der Waals surface area contributed by atoms with Crippen LogP contribution in [-0.2, 0) is 4.79 Å². The zero-order valence-electron chi connectivity index (χ0n) is 11.4. The topological polar surface area (TPSA) is 61.6 Å². The van der Waals surface area contributed by atoms with Gasteiger partial charge in [-0.25, -0.2) is 0 Å². The van der Waals surface area contributed by atoms with E-state index in [-0.39, 0.29) is 5.76 Å². The van der Waals surface area contributed by atoms with Crippen LogP contribution in [0.15, 0.2) is 54.3 Å². The van der Waals surface area contributed by atoms with E-state index in [1.165, 1.54) is 0 Å². The van der Waals surface area contributed by atoms with E-state index in [0.717, 1.165) is 11.3 Å². The monoisotopic (exact) mass is 303 g/mol. The lowest BCUT2D eigenvalue weighted by Gasteiger charge is -2.07. The minimum atomic E-state index is -0.652. The lowest BCUT2D eigenvalue weighted by Crippen LogP contribution is -2.18. The number of ether oxygens (including phenoxy) is 2. The third-order valence-corrected chi connectivity index (χ3v) is 2.95. The van der Waals surface area contributed by atoms with Gasteiger partial charge in [-0.2, -0.15) is 0 Å². The Labute approximate surface area is 127 Å². The third kappa shape index (κ3) is 4.26. The van der Waals surface area contributed by atoms with E-state index >= 15 is 0 Å². The summed E-state index contributed by atoms with van der Waals surface area (Å²) in [4.78, 5) is 11.5. The molecule has 1 amide bonds. The molecule has 0 heterocycles. The van der Waals surface area contributed by atoms with Gasteiger partial charge < -0.3 is 15.2 Å². The van der Waals surface area contributed by atoms with E-state index in [4.69, 9.17) is 26.8 Å². The normalized spacial score (nSPS) is 11.0. The summed E-state index contributed by atoms with van der Waals surface area (Å²) in [6.07, 6.45) is 1.57. The number of carbonyl (C=O) groups excluding carboxylic acids is 1. The Kier molecular flexibility index (Phi) is 4.85. The third-order valence-electron chi connectivity index (χ3n) is 2.70. The molecule has 2 aromatic carbocycles. The van der Waals surface area contributed by atoms with Gasteiger partial charge in [0.15, 0.2) is 5.76 Å². The van der Waals surface area contributed by atoms with Crippen LogP contribution in [-0.4, -0.2) is 13.0 Å². The molecular formula is C16H14ClNO3. The molecule has 0 aliphatic heterocycles. The lowest BCUT2D eigenvalue weighted by molar-refractivity contribution is -0.116. The van der Waals surface area contributed by atoms with Gasteiger partial charge in [-0.3, -0.25) is 4.79 Å². The van der Waals surface area contributed by atoms with Crippen LogP contribution in [0.3, 0.4) is 0 Å². The highest BCUT2D eigenvalue weighted by Gasteiger charge is 2.08. The molecule has 108 valence electrons. The molecule has 0 spiro atoms. The largest absolute Gasteiger partial charge is 0.497 e. The summed E-state index contributed by atoms with van der Waals surface area (Å²) in [5.74, 6) is 0.604. The van der Waals surface area contributed by atoms with E-state index < -0.39 is 5.91 Å². The van der Waals surface area contributed by atoms with Crippen molar-refractivity contribution in [1.82, 2.24) is 0 Å². The van der Waals surface area contributed by atoms with Crippen molar-refractivity contribution in [2.75, 3.05) is 7.11 Å². The molecule has 0 fully saturated rings. The van der Waals surface area contributed by atoms with Crippen LogP contribution in [0.4, 0.5) is 0 Å². The number of rotatable bonds is 5. The minimum Gasteiger partial charge on any atom is -0.497 e. The SMILES string of the molecule is COc1ccc(/C=C(\Oc2ccc(Cl)cc2)C(N)=O)cc1. The fourth-order valence-corrected chi connectivity index (χ4v) is 1.76. The molecular weight excluding hydrogens is 290 g/mol. The highest BCUT2D eigenvalue weighted by atomic mass is 35.5. The number of nitrogens with two attached hydrogens (primary N) is 1. The molecule has 0 aromatic heterocycles. The zero-order valence-corrected chi connectivity index (χ0v) is 12.1. The average molecular weight is 304 g/mol. The molecule has 0 saturated heterocycles. The van der Waals surface area contributed by atoms with Crippen molar-refractivity contribution in [3.05, 3.63) is 64.9 Å². The summed E-state index contributed by atoms with van der Waals surface area (Å²) in [7, 11) is 1.59. The maximum atomic E-state index is 11.5. The summed E-state index contributed by atoms with van der Waals surface area (Å²) < 4.78 is 10.6. The van der Waals surface area contributed by atoms with Crippen molar-refractivity contribution in [3.8, 4) is 11.5 Å². The first-order valence-electron chi connectivity index (χ1n) is 6.17. The number of carbonyl (C=O) groups is 1. The number of methoxy groups -OCH3 is 1. The fourth-order valence-electron chi connectivity index (χ4n) is 1.63. The highest BCUT2D eigenvalue weighted by Crippen LogP contribution is 2.20. The minimum absolute atomic E-state index is 0.0440. The molecule has 0 aliphatic rings. The Hall–Kier alpha value is -2.46. The van der Waals surface area contributed by atoms with Gasteiger partial charge in [0.05, 0.1) is 7.11 Å². The summed E-state index contributed by atoms with van der Waals surface area (Å²) >= 11 is 5.80. The second-order valence-corrected chi connectivity index (χ2v) is 4.64. The predicted octanol–water partition coefficient (Wildman–Crippen LogP) is 3.25. The van der Waals surface area contributed by atoms with Crippen LogP contribution in [0.2, 0.25) is 5.02 Å². The molecule has 5 heteroatoms. The molecule has 2 aromatic rings. The second-order valence-electron chi connectivity index (χ2n) is 4.20. The molecule has 0 aliphatic carbocycles. The predicted molar refractivity (Wildman–Crippen MR) is 82.2 cm³/mol. The van der Waals surface area contributed by atoms with Gasteiger partial charge in [0, 0.05) is 5.02 Å². The van der Waals surface area contributed by atoms with E-state index in [2.05, 4.69) is 0 Å². The molecule has 0 saturated carbocycles. The Morgan fingerprint density at radius 1 is 1.05 bits per heavy atom. The van der Waals surface area contributed by atoms with Crippen molar-refractivity contribution >= 4 is 23.6 Å². The van der Waals surface area contributed by atoms with Gasteiger partial charge >= 0.3 is 0 Å². The molecule has 0 unspecified atom stereocenters. The van der Waals surface area contributed by atoms with Crippen molar-refractivity contribution in [1.29, 1.82) is 0 Å². The number of halogens is 1. The highest BCUT2D eigenvalue weighted by molar-refractivity contribution is 6.30. The Morgan fingerprint density at radius 2 is 1.62 bits per heavy atom. The molecule has 0 radical (unpaired) electrons. The van der Waals surface area contributed by atoms with Gasteiger partial charge in [-0.15, -0.1) is 0 Å². The lowest BCUT2D eigenvalue weighted by atomic mass is 10.2. The van der Waals surface area contributed by atoms with Gasteiger partial charge in [0.25, 0.3) is 5.91 Å². The van der Waals surface area contributed by atoms with Crippen LogP contribution in [0, 0.1) is 0 Å². The first kappa shape index (κ1) is 14.9.